The summed E-state index contributed by atoms with van der Waals surface area (Å²) in [7, 11) is 0. The fourth-order valence-electron chi connectivity index (χ4n) is 4.53. The first-order chi connectivity index (χ1) is 16.9. The molecule has 3 aromatic heterocycles. The number of thiophene rings is 1. The highest BCUT2D eigenvalue weighted by Gasteiger charge is 2.26. The molecule has 180 valence electrons. The summed E-state index contributed by atoms with van der Waals surface area (Å²) in [6, 6.07) is 6.15. The van der Waals surface area contributed by atoms with Crippen LogP contribution in [0.3, 0.4) is 0 Å². The maximum Gasteiger partial charge on any atom is 0.264 e. The summed E-state index contributed by atoms with van der Waals surface area (Å²) in [6.45, 7) is 4.97. The lowest BCUT2D eigenvalue weighted by Gasteiger charge is -2.29. The van der Waals surface area contributed by atoms with Gasteiger partial charge in [-0.1, -0.05) is 6.58 Å². The number of nitrogens with one attached hydrogen (secondary N) is 2. The lowest BCUT2D eigenvalue weighted by molar-refractivity contribution is -0.118. The van der Waals surface area contributed by atoms with Gasteiger partial charge in [-0.3, -0.25) is 9.59 Å². The van der Waals surface area contributed by atoms with E-state index in [1.54, 1.807) is 15.6 Å². The summed E-state index contributed by atoms with van der Waals surface area (Å²) in [6.07, 6.45) is 7.26. The van der Waals surface area contributed by atoms with Crippen LogP contribution in [0, 0.1) is 0 Å². The number of hydrogen-bond donors (Lipinski definition) is 3. The minimum atomic E-state index is -0.455. The highest BCUT2D eigenvalue weighted by Crippen LogP contribution is 2.33. The molecule has 6 rings (SSSR count). The minimum Gasteiger partial charge on any atom is -0.391 e. The second-order valence-corrected chi connectivity index (χ2v) is 10.4. The molecule has 1 unspecified atom stereocenters. The maximum atomic E-state index is 13.0. The third-order valence-corrected chi connectivity index (χ3v) is 7.64. The van der Waals surface area contributed by atoms with Gasteiger partial charge < -0.3 is 20.6 Å². The molecular weight excluding hydrogens is 464 g/mol. The molecule has 3 aliphatic rings. The average molecular weight is 491 g/mol. The van der Waals surface area contributed by atoms with Gasteiger partial charge >= 0.3 is 0 Å². The minimum absolute atomic E-state index is 0.0518. The third kappa shape index (κ3) is 4.35. The Morgan fingerprint density at radius 2 is 2.17 bits per heavy atom. The predicted molar refractivity (Wildman–Crippen MR) is 134 cm³/mol. The van der Waals surface area contributed by atoms with Crippen LogP contribution in [-0.4, -0.2) is 61.7 Å². The van der Waals surface area contributed by atoms with Crippen molar-refractivity contribution >= 4 is 40.7 Å². The summed E-state index contributed by atoms with van der Waals surface area (Å²) < 4.78 is 1.79. The Bertz CT molecular complexity index is 1380. The zero-order valence-electron chi connectivity index (χ0n) is 19.2. The van der Waals surface area contributed by atoms with Crippen molar-refractivity contribution in [2.45, 2.75) is 44.2 Å². The molecule has 3 fully saturated rings. The normalized spacial score (nSPS) is 21.7. The van der Waals surface area contributed by atoms with Gasteiger partial charge in [-0.25, -0.2) is 4.98 Å². The van der Waals surface area contributed by atoms with Crippen molar-refractivity contribution in [3.63, 3.8) is 0 Å². The van der Waals surface area contributed by atoms with Gasteiger partial charge in [0.15, 0.2) is 5.65 Å². The van der Waals surface area contributed by atoms with Crippen molar-refractivity contribution < 1.29 is 14.7 Å². The molecule has 35 heavy (non-hydrogen) atoms. The number of aliphatic hydroxyl groups excluding tert-OH is 1. The number of allylic oxidation sites excluding steroid dienone is 1. The number of piperidine rings is 1. The Kier molecular flexibility index (Phi) is 5.42. The first kappa shape index (κ1) is 22.0. The number of β-amino-alcohol motifs (C(OH)–C–C–N with tert-alkyl or cyclic N) is 1. The van der Waals surface area contributed by atoms with Crippen LogP contribution in [0.25, 0.3) is 22.3 Å². The van der Waals surface area contributed by atoms with E-state index in [4.69, 9.17) is 4.98 Å². The van der Waals surface area contributed by atoms with E-state index in [9.17, 15) is 14.7 Å². The Labute approximate surface area is 206 Å². The molecule has 3 aromatic rings. The molecule has 0 spiro atoms. The number of fused-ring (bicyclic) bond motifs is 1. The first-order valence-electron chi connectivity index (χ1n) is 11.9. The molecule has 0 radical (unpaired) electrons. The summed E-state index contributed by atoms with van der Waals surface area (Å²) in [5, 5.41) is 20.8. The van der Waals surface area contributed by atoms with Gasteiger partial charge in [0.1, 0.15) is 5.82 Å². The number of likely N-dealkylation sites (tertiary alicyclic amines) is 1. The number of carbonyl (C=O) groups is 2. The fourth-order valence-corrected chi connectivity index (χ4v) is 5.47. The molecule has 2 aliphatic heterocycles. The van der Waals surface area contributed by atoms with Gasteiger partial charge in [0, 0.05) is 36.5 Å². The molecule has 10 heteroatoms. The van der Waals surface area contributed by atoms with Crippen LogP contribution in [0.2, 0.25) is 0 Å². The number of anilines is 1. The van der Waals surface area contributed by atoms with E-state index in [1.165, 1.54) is 11.3 Å². The molecule has 1 saturated carbocycles. The van der Waals surface area contributed by atoms with Crippen molar-refractivity contribution in [3.8, 4) is 10.6 Å². The SMILES string of the molecule is C=C1NC(=O)C/C1=C\c1cnn2c(NC3CC3)cc(-c3ccc(C(=O)N4CCCC(O)C4)s3)nc12. The summed E-state index contributed by atoms with van der Waals surface area (Å²) >= 11 is 1.41. The molecule has 2 amide bonds. The Morgan fingerprint density at radius 1 is 1.31 bits per heavy atom. The quantitative estimate of drug-likeness (QED) is 0.507. The van der Waals surface area contributed by atoms with E-state index in [0.717, 1.165) is 53.2 Å². The maximum absolute atomic E-state index is 13.0. The lowest BCUT2D eigenvalue weighted by Crippen LogP contribution is -2.41. The van der Waals surface area contributed by atoms with Gasteiger partial charge in [0.2, 0.25) is 5.91 Å². The number of nitrogens with zero attached hydrogens (tertiary/aromatic N) is 4. The average Bonchev–Trinajstić information content (AvgIpc) is 3.22. The van der Waals surface area contributed by atoms with E-state index < -0.39 is 6.10 Å². The van der Waals surface area contributed by atoms with Crippen LogP contribution in [0.4, 0.5) is 5.82 Å². The predicted octanol–water partition coefficient (Wildman–Crippen LogP) is 3.05. The second-order valence-electron chi connectivity index (χ2n) is 9.36. The molecule has 0 aromatic carbocycles. The third-order valence-electron chi connectivity index (χ3n) is 6.54. The standard InChI is InChI=1S/C25H26N6O3S/c1-14-15(10-23(33)27-14)9-16-12-26-31-22(28-17-4-5-17)11-19(29-24(16)31)20-6-7-21(35-20)25(34)30-8-2-3-18(32)13-30/h6-7,9,11-12,17-18,28,32H,1-5,8,10,13H2,(H,27,33)/b15-9+. The molecule has 1 aliphatic carbocycles. The Morgan fingerprint density at radius 3 is 2.91 bits per heavy atom. The van der Waals surface area contributed by atoms with Gasteiger partial charge in [-0.2, -0.15) is 9.61 Å². The fraction of sp³-hybridized carbons (Fsp3) is 0.360. The van der Waals surface area contributed by atoms with Crippen LogP contribution >= 0.6 is 11.3 Å². The number of hydrogen-bond acceptors (Lipinski definition) is 7. The van der Waals surface area contributed by atoms with E-state index in [1.807, 2.05) is 24.3 Å². The monoisotopic (exact) mass is 490 g/mol. The van der Waals surface area contributed by atoms with E-state index in [0.29, 0.717) is 35.4 Å². The first-order valence-corrected chi connectivity index (χ1v) is 12.7. The van der Waals surface area contributed by atoms with Crippen LogP contribution in [-0.2, 0) is 4.79 Å². The van der Waals surface area contributed by atoms with Crippen LogP contribution in [0.15, 0.2) is 42.2 Å². The van der Waals surface area contributed by atoms with Crippen molar-refractivity contribution in [2.75, 3.05) is 18.4 Å². The van der Waals surface area contributed by atoms with Gasteiger partial charge in [-0.05, 0) is 49.5 Å². The molecular formula is C25H26N6O3S. The van der Waals surface area contributed by atoms with Crippen molar-refractivity contribution in [1.29, 1.82) is 0 Å². The van der Waals surface area contributed by atoms with Crippen molar-refractivity contribution in [1.82, 2.24) is 24.8 Å². The number of aliphatic hydroxyl groups is 1. The van der Waals surface area contributed by atoms with Crippen LogP contribution in [0.5, 0.6) is 0 Å². The van der Waals surface area contributed by atoms with Gasteiger partial charge in [-0.15, -0.1) is 11.3 Å². The van der Waals surface area contributed by atoms with E-state index >= 15 is 0 Å². The summed E-state index contributed by atoms with van der Waals surface area (Å²) in [4.78, 5) is 32.9. The zero-order valence-corrected chi connectivity index (χ0v) is 20.0. The number of aromatic nitrogens is 3. The topological polar surface area (TPSA) is 112 Å². The molecule has 3 N–H and O–H groups in total. The van der Waals surface area contributed by atoms with Crippen LogP contribution < -0.4 is 10.6 Å². The van der Waals surface area contributed by atoms with Crippen molar-refractivity contribution in [3.05, 3.63) is 52.7 Å². The molecule has 2 saturated heterocycles. The molecule has 9 nitrogen and oxygen atoms in total. The Balaban J connectivity index is 1.37. The smallest absolute Gasteiger partial charge is 0.264 e. The number of amides is 2. The highest BCUT2D eigenvalue weighted by atomic mass is 32.1. The molecule has 1 atom stereocenters. The van der Waals surface area contributed by atoms with Crippen LogP contribution in [0.1, 0.15) is 47.3 Å². The molecule has 5 heterocycles. The molecule has 0 bridgehead atoms. The van der Waals surface area contributed by atoms with Gasteiger partial charge in [0.05, 0.1) is 34.2 Å². The summed E-state index contributed by atoms with van der Waals surface area (Å²) in [5.41, 5.74) is 3.65. The van der Waals surface area contributed by atoms with E-state index in [-0.39, 0.29) is 18.2 Å². The highest BCUT2D eigenvalue weighted by molar-refractivity contribution is 7.17. The number of rotatable bonds is 5. The number of carbonyl (C=O) groups excluding carboxylic acids is 2. The second kappa shape index (κ2) is 8.62. The van der Waals surface area contributed by atoms with Crippen molar-refractivity contribution in [2.24, 2.45) is 0 Å². The zero-order chi connectivity index (χ0) is 24.1. The Hall–Kier alpha value is -3.50. The van der Waals surface area contributed by atoms with Gasteiger partial charge in [0.25, 0.3) is 5.91 Å². The van der Waals surface area contributed by atoms with E-state index in [2.05, 4.69) is 22.3 Å². The summed E-state index contributed by atoms with van der Waals surface area (Å²) in [5.74, 6) is 0.723. The lowest BCUT2D eigenvalue weighted by atomic mass is 10.1. The largest absolute Gasteiger partial charge is 0.391 e.